The molecule has 0 bridgehead atoms. The molecule has 1 aromatic carbocycles. The third-order valence-corrected chi connectivity index (χ3v) is 2.54. The molecule has 6 heteroatoms. The third-order valence-electron chi connectivity index (χ3n) is 2.54. The van der Waals surface area contributed by atoms with Crippen LogP contribution < -0.4 is 4.74 Å². The van der Waals surface area contributed by atoms with Crippen LogP contribution in [0.15, 0.2) is 30.5 Å². The van der Waals surface area contributed by atoms with E-state index < -0.39 is 11.7 Å². The molecule has 3 nitrogen and oxygen atoms in total. The van der Waals surface area contributed by atoms with Gasteiger partial charge in [-0.15, -0.1) is 0 Å². The first kappa shape index (κ1) is 13.3. The zero-order valence-electron chi connectivity index (χ0n) is 10.3. The Labute approximate surface area is 108 Å². The van der Waals surface area contributed by atoms with E-state index in [4.69, 9.17) is 4.74 Å². The van der Waals surface area contributed by atoms with Crippen molar-refractivity contribution in [1.29, 1.82) is 0 Å². The fraction of sp³-hybridized carbons (Fsp3) is 0.231. The molecule has 1 aromatic heterocycles. The summed E-state index contributed by atoms with van der Waals surface area (Å²) in [7, 11) is 1.44. The average molecular weight is 268 g/mol. The topological polar surface area (TPSA) is 35.0 Å². The summed E-state index contributed by atoms with van der Waals surface area (Å²) in [5.74, 6) is 0.291. The van der Waals surface area contributed by atoms with E-state index in [1.165, 1.54) is 25.4 Å². The van der Waals surface area contributed by atoms with E-state index in [1.54, 1.807) is 6.92 Å². The molecule has 19 heavy (non-hydrogen) atoms. The second kappa shape index (κ2) is 4.87. The van der Waals surface area contributed by atoms with E-state index in [9.17, 15) is 13.2 Å². The van der Waals surface area contributed by atoms with E-state index in [0.29, 0.717) is 22.8 Å². The van der Waals surface area contributed by atoms with Crippen molar-refractivity contribution < 1.29 is 17.9 Å². The summed E-state index contributed by atoms with van der Waals surface area (Å²) in [6.07, 6.45) is -2.81. The van der Waals surface area contributed by atoms with Crippen molar-refractivity contribution in [2.45, 2.75) is 13.1 Å². The number of aryl methyl sites for hydroxylation is 1. The lowest BCUT2D eigenvalue weighted by molar-refractivity contribution is -0.137. The van der Waals surface area contributed by atoms with Crippen LogP contribution in [0.25, 0.3) is 11.3 Å². The van der Waals surface area contributed by atoms with E-state index in [0.717, 1.165) is 12.1 Å². The molecule has 0 saturated carbocycles. The summed E-state index contributed by atoms with van der Waals surface area (Å²) in [6, 6.07) is 4.72. The zero-order chi connectivity index (χ0) is 14.0. The van der Waals surface area contributed by atoms with E-state index in [2.05, 4.69) is 9.97 Å². The molecule has 0 aliphatic heterocycles. The summed E-state index contributed by atoms with van der Waals surface area (Å²) >= 11 is 0. The molecule has 0 aliphatic carbocycles. The molecule has 0 radical (unpaired) electrons. The van der Waals surface area contributed by atoms with Crippen molar-refractivity contribution in [3.05, 3.63) is 41.7 Å². The van der Waals surface area contributed by atoms with Crippen molar-refractivity contribution >= 4 is 0 Å². The smallest absolute Gasteiger partial charge is 0.416 e. The Morgan fingerprint density at radius 1 is 1.11 bits per heavy atom. The Bertz CT molecular complexity index is 579. The highest BCUT2D eigenvalue weighted by atomic mass is 19.4. The first-order valence-electron chi connectivity index (χ1n) is 5.47. The Morgan fingerprint density at radius 3 is 2.26 bits per heavy atom. The molecule has 0 amide bonds. The zero-order valence-corrected chi connectivity index (χ0v) is 10.3. The quantitative estimate of drug-likeness (QED) is 0.836. The molecular formula is C13H11F3N2O. The second-order valence-corrected chi connectivity index (χ2v) is 3.94. The van der Waals surface area contributed by atoms with Gasteiger partial charge in [-0.25, -0.2) is 9.97 Å². The lowest BCUT2D eigenvalue weighted by Gasteiger charge is -2.09. The number of halogens is 3. The first-order chi connectivity index (χ1) is 8.91. The molecule has 1 heterocycles. The van der Waals surface area contributed by atoms with Crippen LogP contribution in [0.4, 0.5) is 13.2 Å². The summed E-state index contributed by atoms with van der Waals surface area (Å²) in [5, 5.41) is 0. The van der Waals surface area contributed by atoms with Gasteiger partial charge in [-0.2, -0.15) is 13.2 Å². The standard InChI is InChI=1S/C13H11F3N2O/c1-8-7-17-11(12(18-8)19-2)9-3-5-10(6-4-9)13(14,15)16/h3-7H,1-2H3. The highest BCUT2D eigenvalue weighted by Gasteiger charge is 2.30. The number of hydrogen-bond donors (Lipinski definition) is 0. The lowest BCUT2D eigenvalue weighted by atomic mass is 10.1. The Kier molecular flexibility index (Phi) is 3.42. The van der Waals surface area contributed by atoms with Gasteiger partial charge in [0.25, 0.3) is 0 Å². The largest absolute Gasteiger partial charge is 0.479 e. The lowest BCUT2D eigenvalue weighted by Crippen LogP contribution is -2.04. The van der Waals surface area contributed by atoms with E-state index in [1.807, 2.05) is 0 Å². The average Bonchev–Trinajstić information content (AvgIpc) is 2.37. The normalized spacial score (nSPS) is 11.4. The van der Waals surface area contributed by atoms with Gasteiger partial charge in [0.15, 0.2) is 0 Å². The van der Waals surface area contributed by atoms with Crippen molar-refractivity contribution in [3.63, 3.8) is 0 Å². The number of ether oxygens (including phenoxy) is 1. The highest BCUT2D eigenvalue weighted by molar-refractivity contribution is 5.64. The van der Waals surface area contributed by atoms with Crippen molar-refractivity contribution in [2.75, 3.05) is 7.11 Å². The fourth-order valence-electron chi connectivity index (χ4n) is 1.61. The number of benzene rings is 1. The molecule has 0 atom stereocenters. The number of aromatic nitrogens is 2. The summed E-state index contributed by atoms with van der Waals surface area (Å²) in [6.45, 7) is 1.76. The highest BCUT2D eigenvalue weighted by Crippen LogP contribution is 2.32. The first-order valence-corrected chi connectivity index (χ1v) is 5.47. The van der Waals surface area contributed by atoms with Gasteiger partial charge in [-0.1, -0.05) is 12.1 Å². The fourth-order valence-corrected chi connectivity index (χ4v) is 1.61. The van der Waals surface area contributed by atoms with Gasteiger partial charge in [-0.05, 0) is 19.1 Å². The summed E-state index contributed by atoms with van der Waals surface area (Å²) < 4.78 is 42.5. The van der Waals surface area contributed by atoms with Crippen LogP contribution in [0.5, 0.6) is 5.88 Å². The predicted molar refractivity (Wildman–Crippen MR) is 63.8 cm³/mol. The molecule has 0 saturated heterocycles. The maximum atomic E-state index is 12.5. The molecule has 0 fully saturated rings. The minimum absolute atomic E-state index is 0.291. The molecule has 0 aliphatic rings. The van der Waals surface area contributed by atoms with Gasteiger partial charge in [-0.3, -0.25) is 0 Å². The summed E-state index contributed by atoms with van der Waals surface area (Å²) in [4.78, 5) is 8.27. The van der Waals surface area contributed by atoms with Gasteiger partial charge in [0, 0.05) is 11.8 Å². The van der Waals surface area contributed by atoms with Gasteiger partial charge in [0.05, 0.1) is 18.4 Å². The van der Waals surface area contributed by atoms with Crippen LogP contribution >= 0.6 is 0 Å². The van der Waals surface area contributed by atoms with Crippen LogP contribution in [0.1, 0.15) is 11.3 Å². The van der Waals surface area contributed by atoms with Crippen LogP contribution in [0, 0.1) is 6.92 Å². The molecule has 2 rings (SSSR count). The SMILES string of the molecule is COc1nc(C)cnc1-c1ccc(C(F)(F)F)cc1. The molecular weight excluding hydrogens is 257 g/mol. The van der Waals surface area contributed by atoms with Crippen LogP contribution in [0.3, 0.4) is 0 Å². The Morgan fingerprint density at radius 2 is 1.74 bits per heavy atom. The molecule has 0 unspecified atom stereocenters. The Hall–Kier alpha value is -2.11. The van der Waals surface area contributed by atoms with Gasteiger partial charge in [0.1, 0.15) is 5.69 Å². The number of methoxy groups -OCH3 is 1. The minimum atomic E-state index is -4.35. The summed E-state index contributed by atoms with van der Waals surface area (Å²) in [5.41, 5.74) is 0.918. The maximum absolute atomic E-state index is 12.5. The number of alkyl halides is 3. The van der Waals surface area contributed by atoms with Gasteiger partial charge < -0.3 is 4.74 Å². The van der Waals surface area contributed by atoms with Crippen molar-refractivity contribution in [3.8, 4) is 17.1 Å². The van der Waals surface area contributed by atoms with Crippen LogP contribution in [0.2, 0.25) is 0 Å². The number of rotatable bonds is 2. The molecule has 0 spiro atoms. The van der Waals surface area contributed by atoms with Crippen molar-refractivity contribution in [2.24, 2.45) is 0 Å². The predicted octanol–water partition coefficient (Wildman–Crippen LogP) is 3.48. The second-order valence-electron chi connectivity index (χ2n) is 3.94. The minimum Gasteiger partial charge on any atom is -0.479 e. The monoisotopic (exact) mass is 268 g/mol. The molecule has 100 valence electrons. The maximum Gasteiger partial charge on any atom is 0.416 e. The van der Waals surface area contributed by atoms with Gasteiger partial charge in [0.2, 0.25) is 5.88 Å². The van der Waals surface area contributed by atoms with Gasteiger partial charge >= 0.3 is 6.18 Å². The van der Waals surface area contributed by atoms with Crippen LogP contribution in [-0.2, 0) is 6.18 Å². The molecule has 0 N–H and O–H groups in total. The van der Waals surface area contributed by atoms with Crippen molar-refractivity contribution in [1.82, 2.24) is 9.97 Å². The van der Waals surface area contributed by atoms with E-state index in [-0.39, 0.29) is 0 Å². The molecule has 2 aromatic rings. The van der Waals surface area contributed by atoms with E-state index >= 15 is 0 Å². The third kappa shape index (κ3) is 2.83. The number of nitrogens with zero attached hydrogens (tertiary/aromatic N) is 2. The Balaban J connectivity index is 2.43. The van der Waals surface area contributed by atoms with Crippen LogP contribution in [-0.4, -0.2) is 17.1 Å². The number of hydrogen-bond acceptors (Lipinski definition) is 3.